The van der Waals surface area contributed by atoms with Crippen LogP contribution >= 0.6 is 0 Å². The molecule has 1 atom stereocenters. The van der Waals surface area contributed by atoms with E-state index in [4.69, 9.17) is 5.11 Å². The first-order valence-electron chi connectivity index (χ1n) is 6.34. The summed E-state index contributed by atoms with van der Waals surface area (Å²) in [6, 6.07) is 0.352. The van der Waals surface area contributed by atoms with Gasteiger partial charge in [-0.1, -0.05) is 0 Å². The minimum Gasteiger partial charge on any atom is -0.480 e. The minimum absolute atomic E-state index is 0.160. The largest absolute Gasteiger partial charge is 0.480 e. The third kappa shape index (κ3) is 2.36. The van der Waals surface area contributed by atoms with E-state index in [-0.39, 0.29) is 11.4 Å². The third-order valence-corrected chi connectivity index (χ3v) is 3.45. The Morgan fingerprint density at radius 1 is 1.55 bits per heavy atom. The average molecular weight is 281 g/mol. The number of amides is 1. The van der Waals surface area contributed by atoms with Gasteiger partial charge in [0.1, 0.15) is 11.7 Å². The van der Waals surface area contributed by atoms with Crippen molar-refractivity contribution in [1.82, 2.24) is 9.47 Å². The monoisotopic (exact) mass is 281 g/mol. The molecule has 1 aromatic heterocycles. The van der Waals surface area contributed by atoms with Gasteiger partial charge in [-0.25, -0.2) is 4.79 Å². The van der Waals surface area contributed by atoms with Gasteiger partial charge >= 0.3 is 5.97 Å². The number of nitrogens with zero attached hydrogens (tertiary/aromatic N) is 3. The molecule has 0 spiro atoms. The molecule has 0 saturated carbocycles. The van der Waals surface area contributed by atoms with Crippen molar-refractivity contribution in [3.8, 4) is 0 Å². The highest BCUT2D eigenvalue weighted by Crippen LogP contribution is 2.23. The summed E-state index contributed by atoms with van der Waals surface area (Å²) in [6.07, 6.45) is 2.33. The van der Waals surface area contributed by atoms with Gasteiger partial charge in [0, 0.05) is 19.2 Å². The van der Waals surface area contributed by atoms with Crippen molar-refractivity contribution in [1.29, 1.82) is 0 Å². The van der Waals surface area contributed by atoms with Gasteiger partial charge in [0.2, 0.25) is 0 Å². The quantitative estimate of drug-likeness (QED) is 0.657. The van der Waals surface area contributed by atoms with E-state index in [0.29, 0.717) is 25.9 Å². The molecule has 8 nitrogen and oxygen atoms in total. The van der Waals surface area contributed by atoms with E-state index in [1.54, 1.807) is 6.92 Å². The highest BCUT2D eigenvalue weighted by atomic mass is 16.6. The van der Waals surface area contributed by atoms with Gasteiger partial charge in [-0.15, -0.1) is 0 Å². The number of carbonyl (C=O) groups excluding carboxylic acids is 1. The number of aliphatic carboxylic acids is 1. The van der Waals surface area contributed by atoms with Crippen LogP contribution in [0.15, 0.2) is 12.3 Å². The molecular weight excluding hydrogens is 266 g/mol. The second-order valence-corrected chi connectivity index (χ2v) is 4.62. The summed E-state index contributed by atoms with van der Waals surface area (Å²) in [5, 5.41) is 19.9. The Balaban J connectivity index is 2.33. The zero-order chi connectivity index (χ0) is 14.9. The first-order chi connectivity index (χ1) is 9.45. The lowest BCUT2D eigenvalue weighted by atomic mass is 10.2. The zero-order valence-corrected chi connectivity index (χ0v) is 11.0. The molecule has 0 radical (unpaired) electrons. The lowest BCUT2D eigenvalue weighted by Crippen LogP contribution is -2.41. The summed E-state index contributed by atoms with van der Waals surface area (Å²) < 4.78 is 1.47. The lowest BCUT2D eigenvalue weighted by Gasteiger charge is -2.21. The van der Waals surface area contributed by atoms with Crippen LogP contribution in [0.3, 0.4) is 0 Å². The summed E-state index contributed by atoms with van der Waals surface area (Å²) in [5.41, 5.74) is -0.00591. The van der Waals surface area contributed by atoms with E-state index in [1.807, 2.05) is 0 Å². The fourth-order valence-corrected chi connectivity index (χ4v) is 2.45. The molecular formula is C12H15N3O5. The molecule has 1 aromatic rings. The standard InChI is InChI=1S/C12H15N3O5/c1-2-13-7-8(15(19)20)6-10(13)11(16)14-5-3-4-9(14)12(17)18/h6-7,9H,2-5H2,1H3,(H,17,18)/t9-/m0/s1. The third-order valence-electron chi connectivity index (χ3n) is 3.45. The smallest absolute Gasteiger partial charge is 0.326 e. The Kier molecular flexibility index (Phi) is 3.73. The predicted octanol–water partition coefficient (Wildman–Crippen LogP) is 1.11. The normalized spacial score (nSPS) is 18.2. The second kappa shape index (κ2) is 5.32. The van der Waals surface area contributed by atoms with Crippen molar-refractivity contribution in [2.45, 2.75) is 32.4 Å². The number of rotatable bonds is 4. The summed E-state index contributed by atoms with van der Waals surface area (Å²) in [5.74, 6) is -1.51. The van der Waals surface area contributed by atoms with Crippen molar-refractivity contribution in [2.24, 2.45) is 0 Å². The molecule has 1 aliphatic rings. The molecule has 20 heavy (non-hydrogen) atoms. The van der Waals surface area contributed by atoms with Crippen molar-refractivity contribution >= 4 is 17.6 Å². The summed E-state index contributed by atoms with van der Waals surface area (Å²) in [4.78, 5) is 35.0. The topological polar surface area (TPSA) is 106 Å². The Hall–Kier alpha value is -2.38. The van der Waals surface area contributed by atoms with Crippen LogP contribution in [-0.2, 0) is 11.3 Å². The molecule has 2 heterocycles. The fourth-order valence-electron chi connectivity index (χ4n) is 2.45. The van der Waals surface area contributed by atoms with Crippen LogP contribution in [0, 0.1) is 10.1 Å². The van der Waals surface area contributed by atoms with Crippen LogP contribution in [0.2, 0.25) is 0 Å². The summed E-state index contributed by atoms with van der Waals surface area (Å²) in [6.45, 7) is 2.53. The maximum absolute atomic E-state index is 12.4. The Morgan fingerprint density at radius 3 is 2.80 bits per heavy atom. The van der Waals surface area contributed by atoms with E-state index in [9.17, 15) is 19.7 Å². The maximum Gasteiger partial charge on any atom is 0.326 e. The fraction of sp³-hybridized carbons (Fsp3) is 0.500. The molecule has 0 aliphatic carbocycles. The zero-order valence-electron chi connectivity index (χ0n) is 11.0. The van der Waals surface area contributed by atoms with Gasteiger partial charge in [0.25, 0.3) is 11.6 Å². The summed E-state index contributed by atoms with van der Waals surface area (Å²) >= 11 is 0. The van der Waals surface area contributed by atoms with Crippen molar-refractivity contribution in [3.05, 3.63) is 28.1 Å². The van der Waals surface area contributed by atoms with E-state index < -0.39 is 22.8 Å². The molecule has 0 bridgehead atoms. The van der Waals surface area contributed by atoms with E-state index in [0.717, 1.165) is 0 Å². The van der Waals surface area contributed by atoms with E-state index >= 15 is 0 Å². The lowest BCUT2D eigenvalue weighted by molar-refractivity contribution is -0.384. The Morgan fingerprint density at radius 2 is 2.25 bits per heavy atom. The SMILES string of the molecule is CCn1cc([N+](=O)[O-])cc1C(=O)N1CCC[C@H]1C(=O)O. The first-order valence-corrected chi connectivity index (χ1v) is 6.34. The minimum atomic E-state index is -1.04. The number of carboxylic acid groups (broad SMARTS) is 1. The van der Waals surface area contributed by atoms with Gasteiger partial charge in [-0.3, -0.25) is 14.9 Å². The summed E-state index contributed by atoms with van der Waals surface area (Å²) in [7, 11) is 0. The molecule has 1 amide bonds. The number of aromatic nitrogens is 1. The number of carbonyl (C=O) groups is 2. The molecule has 8 heteroatoms. The number of carboxylic acids is 1. The molecule has 1 aliphatic heterocycles. The number of aryl methyl sites for hydroxylation is 1. The van der Waals surface area contributed by atoms with Gasteiger partial charge in [-0.05, 0) is 19.8 Å². The molecule has 1 fully saturated rings. The molecule has 0 aromatic carbocycles. The predicted molar refractivity (Wildman–Crippen MR) is 68.5 cm³/mol. The highest BCUT2D eigenvalue weighted by Gasteiger charge is 2.36. The van der Waals surface area contributed by atoms with Crippen LogP contribution in [0.4, 0.5) is 5.69 Å². The second-order valence-electron chi connectivity index (χ2n) is 4.62. The number of likely N-dealkylation sites (tertiary alicyclic amines) is 1. The van der Waals surface area contributed by atoms with Crippen molar-refractivity contribution in [3.63, 3.8) is 0 Å². The van der Waals surface area contributed by atoms with Crippen LogP contribution in [0.1, 0.15) is 30.3 Å². The van der Waals surface area contributed by atoms with Crippen LogP contribution in [-0.4, -0.2) is 44.0 Å². The van der Waals surface area contributed by atoms with Crippen molar-refractivity contribution in [2.75, 3.05) is 6.54 Å². The molecule has 1 saturated heterocycles. The molecule has 2 rings (SSSR count). The molecule has 0 unspecified atom stereocenters. The van der Waals surface area contributed by atoms with Crippen LogP contribution in [0.25, 0.3) is 0 Å². The van der Waals surface area contributed by atoms with Gasteiger partial charge in [-0.2, -0.15) is 0 Å². The Labute approximate surface area is 114 Å². The molecule has 108 valence electrons. The van der Waals surface area contributed by atoms with Crippen LogP contribution in [0.5, 0.6) is 0 Å². The highest BCUT2D eigenvalue weighted by molar-refractivity contribution is 5.96. The Bertz CT molecular complexity index is 565. The number of hydrogen-bond acceptors (Lipinski definition) is 4. The maximum atomic E-state index is 12.4. The number of nitro groups is 1. The van der Waals surface area contributed by atoms with Gasteiger partial charge in [0.05, 0.1) is 11.1 Å². The van der Waals surface area contributed by atoms with Crippen molar-refractivity contribution < 1.29 is 19.6 Å². The first kappa shape index (κ1) is 14.0. The average Bonchev–Trinajstić information content (AvgIpc) is 3.04. The van der Waals surface area contributed by atoms with Gasteiger partial charge in [0.15, 0.2) is 0 Å². The molecule has 1 N–H and O–H groups in total. The van der Waals surface area contributed by atoms with Crippen LogP contribution < -0.4 is 0 Å². The van der Waals surface area contributed by atoms with Gasteiger partial charge < -0.3 is 14.6 Å². The van der Waals surface area contributed by atoms with E-state index in [2.05, 4.69) is 0 Å². The van der Waals surface area contributed by atoms with E-state index in [1.165, 1.54) is 21.7 Å². The number of hydrogen-bond donors (Lipinski definition) is 1.